The van der Waals surface area contributed by atoms with Gasteiger partial charge in [-0.1, -0.05) is 23.7 Å². The van der Waals surface area contributed by atoms with Crippen LogP contribution in [0.15, 0.2) is 30.5 Å². The lowest BCUT2D eigenvalue weighted by Gasteiger charge is -2.09. The van der Waals surface area contributed by atoms with E-state index in [0.717, 1.165) is 5.56 Å². The van der Waals surface area contributed by atoms with E-state index < -0.39 is 0 Å². The zero-order valence-corrected chi connectivity index (χ0v) is 9.88. The first kappa shape index (κ1) is 11.8. The molecule has 1 aromatic carbocycles. The number of nitrogens with zero attached hydrogens (tertiary/aromatic N) is 1. The van der Waals surface area contributed by atoms with Crippen molar-refractivity contribution in [2.75, 3.05) is 14.1 Å². The number of ketones is 1. The number of hydrogen-bond acceptors (Lipinski definition) is 2. The van der Waals surface area contributed by atoms with Crippen LogP contribution in [0.25, 0.3) is 5.57 Å². The van der Waals surface area contributed by atoms with E-state index in [1.165, 1.54) is 0 Å². The normalized spacial score (nSPS) is 11.3. The van der Waals surface area contributed by atoms with Crippen LogP contribution in [0.4, 0.5) is 0 Å². The maximum Gasteiger partial charge on any atom is 0.161 e. The van der Waals surface area contributed by atoms with Crippen molar-refractivity contribution < 1.29 is 4.79 Å². The highest BCUT2D eigenvalue weighted by Gasteiger charge is 2.07. The summed E-state index contributed by atoms with van der Waals surface area (Å²) in [7, 11) is 3.78. The second kappa shape index (κ2) is 4.99. The summed E-state index contributed by atoms with van der Waals surface area (Å²) in [5.41, 5.74) is 1.58. The number of carbonyl (C=O) groups is 1. The summed E-state index contributed by atoms with van der Waals surface area (Å²) in [5, 5.41) is 0.673. The smallest absolute Gasteiger partial charge is 0.161 e. The predicted octanol–water partition coefficient (Wildman–Crippen LogP) is 2.83. The molecule has 0 saturated heterocycles. The highest BCUT2D eigenvalue weighted by Crippen LogP contribution is 2.18. The Labute approximate surface area is 95.2 Å². The first-order valence-corrected chi connectivity index (χ1v) is 5.03. The van der Waals surface area contributed by atoms with Crippen LogP contribution in [-0.4, -0.2) is 24.8 Å². The van der Waals surface area contributed by atoms with E-state index >= 15 is 0 Å². The molecule has 0 N–H and O–H groups in total. The van der Waals surface area contributed by atoms with Crippen molar-refractivity contribution in [2.45, 2.75) is 6.92 Å². The Morgan fingerprint density at radius 2 is 1.80 bits per heavy atom. The van der Waals surface area contributed by atoms with Crippen LogP contribution in [-0.2, 0) is 4.79 Å². The minimum atomic E-state index is 0.0472. The molecule has 0 aromatic heterocycles. The summed E-state index contributed by atoms with van der Waals surface area (Å²) in [6.45, 7) is 1.56. The average molecular weight is 224 g/mol. The number of hydrogen-bond donors (Lipinski definition) is 0. The first-order chi connectivity index (χ1) is 7.00. The molecule has 0 spiro atoms. The Morgan fingerprint density at radius 1 is 1.27 bits per heavy atom. The van der Waals surface area contributed by atoms with Gasteiger partial charge in [0.15, 0.2) is 5.78 Å². The molecule has 0 unspecified atom stereocenters. The molecule has 0 aliphatic rings. The minimum absolute atomic E-state index is 0.0472. The van der Waals surface area contributed by atoms with Gasteiger partial charge in [-0.3, -0.25) is 4.79 Å². The number of halogens is 1. The quantitative estimate of drug-likeness (QED) is 0.735. The van der Waals surface area contributed by atoms with Crippen LogP contribution in [0.5, 0.6) is 0 Å². The Balaban J connectivity index is 3.11. The second-order valence-corrected chi connectivity index (χ2v) is 4.01. The molecule has 80 valence electrons. The van der Waals surface area contributed by atoms with Crippen molar-refractivity contribution in [3.8, 4) is 0 Å². The fraction of sp³-hybridized carbons (Fsp3) is 0.250. The molecule has 0 bridgehead atoms. The van der Waals surface area contributed by atoms with Gasteiger partial charge in [0, 0.05) is 30.9 Å². The third-order valence-electron chi connectivity index (χ3n) is 1.92. The fourth-order valence-corrected chi connectivity index (χ4v) is 1.38. The highest BCUT2D eigenvalue weighted by atomic mass is 35.5. The van der Waals surface area contributed by atoms with Crippen molar-refractivity contribution in [3.05, 3.63) is 41.1 Å². The summed E-state index contributed by atoms with van der Waals surface area (Å²) < 4.78 is 0. The molecule has 0 heterocycles. The predicted molar refractivity (Wildman–Crippen MR) is 63.8 cm³/mol. The van der Waals surface area contributed by atoms with Crippen LogP contribution >= 0.6 is 11.6 Å². The Morgan fingerprint density at radius 3 is 2.20 bits per heavy atom. The molecule has 0 amide bonds. The Kier molecular flexibility index (Phi) is 3.92. The van der Waals surface area contributed by atoms with E-state index in [1.807, 2.05) is 37.3 Å². The monoisotopic (exact) mass is 223 g/mol. The lowest BCUT2D eigenvalue weighted by atomic mass is 10.0. The number of benzene rings is 1. The van der Waals surface area contributed by atoms with E-state index in [-0.39, 0.29) is 5.78 Å². The second-order valence-electron chi connectivity index (χ2n) is 3.57. The van der Waals surface area contributed by atoms with Crippen molar-refractivity contribution in [2.24, 2.45) is 0 Å². The summed E-state index contributed by atoms with van der Waals surface area (Å²) in [4.78, 5) is 13.3. The Hall–Kier alpha value is -1.28. The van der Waals surface area contributed by atoms with Gasteiger partial charge in [-0.15, -0.1) is 0 Å². The summed E-state index contributed by atoms with van der Waals surface area (Å²) in [6, 6.07) is 7.25. The third kappa shape index (κ3) is 3.40. The van der Waals surface area contributed by atoms with Gasteiger partial charge in [0.1, 0.15) is 0 Å². The van der Waals surface area contributed by atoms with Crippen LogP contribution in [0, 0.1) is 0 Å². The van der Waals surface area contributed by atoms with Gasteiger partial charge in [-0.05, 0) is 24.6 Å². The zero-order valence-electron chi connectivity index (χ0n) is 9.12. The lowest BCUT2D eigenvalue weighted by molar-refractivity contribution is -0.111. The first-order valence-electron chi connectivity index (χ1n) is 4.66. The highest BCUT2D eigenvalue weighted by molar-refractivity contribution is 6.30. The lowest BCUT2D eigenvalue weighted by Crippen LogP contribution is -2.06. The van der Waals surface area contributed by atoms with Crippen molar-refractivity contribution >= 4 is 23.0 Å². The third-order valence-corrected chi connectivity index (χ3v) is 2.17. The largest absolute Gasteiger partial charge is 0.383 e. The number of Topliss-reactive ketones (excluding diaryl/α,β-unsaturated/α-hetero) is 1. The fourth-order valence-electron chi connectivity index (χ4n) is 1.26. The number of carbonyl (C=O) groups excluding carboxylic acids is 1. The van der Waals surface area contributed by atoms with E-state index in [2.05, 4.69) is 0 Å². The van der Waals surface area contributed by atoms with Gasteiger partial charge >= 0.3 is 0 Å². The summed E-state index contributed by atoms with van der Waals surface area (Å²) in [6.07, 6.45) is 1.81. The average Bonchev–Trinajstić information content (AvgIpc) is 2.15. The van der Waals surface area contributed by atoms with Gasteiger partial charge in [0.25, 0.3) is 0 Å². The zero-order chi connectivity index (χ0) is 11.4. The topological polar surface area (TPSA) is 20.3 Å². The molecular formula is C12H14ClNO. The Bertz CT molecular complexity index is 379. The van der Waals surface area contributed by atoms with Gasteiger partial charge in [0.2, 0.25) is 0 Å². The molecule has 0 fully saturated rings. The van der Waals surface area contributed by atoms with Crippen LogP contribution in [0.3, 0.4) is 0 Å². The van der Waals surface area contributed by atoms with E-state index in [1.54, 1.807) is 19.1 Å². The summed E-state index contributed by atoms with van der Waals surface area (Å²) in [5.74, 6) is 0.0472. The molecule has 15 heavy (non-hydrogen) atoms. The van der Waals surface area contributed by atoms with Crippen molar-refractivity contribution in [1.29, 1.82) is 0 Å². The SMILES string of the molecule is CC(=O)C(=CN(C)C)c1ccc(Cl)cc1. The standard InChI is InChI=1S/C12H14ClNO/c1-9(15)12(8-14(2)3)10-4-6-11(13)7-5-10/h4-8H,1-3H3. The molecular weight excluding hydrogens is 210 g/mol. The maximum absolute atomic E-state index is 11.4. The van der Waals surface area contributed by atoms with Crippen LogP contribution in [0.1, 0.15) is 12.5 Å². The van der Waals surface area contributed by atoms with E-state index in [0.29, 0.717) is 10.6 Å². The molecule has 0 saturated carbocycles. The number of rotatable bonds is 3. The van der Waals surface area contributed by atoms with E-state index in [9.17, 15) is 4.79 Å². The molecule has 0 aliphatic carbocycles. The molecule has 1 rings (SSSR count). The van der Waals surface area contributed by atoms with E-state index in [4.69, 9.17) is 11.6 Å². The molecule has 0 radical (unpaired) electrons. The van der Waals surface area contributed by atoms with Gasteiger partial charge in [-0.2, -0.15) is 0 Å². The molecule has 1 aromatic rings. The molecule has 3 heteroatoms. The van der Waals surface area contributed by atoms with Crippen molar-refractivity contribution in [1.82, 2.24) is 4.90 Å². The van der Waals surface area contributed by atoms with Gasteiger partial charge < -0.3 is 4.90 Å². The van der Waals surface area contributed by atoms with Crippen LogP contribution < -0.4 is 0 Å². The molecule has 2 nitrogen and oxygen atoms in total. The maximum atomic E-state index is 11.4. The number of allylic oxidation sites excluding steroid dienone is 1. The summed E-state index contributed by atoms with van der Waals surface area (Å²) >= 11 is 5.79. The van der Waals surface area contributed by atoms with Crippen LogP contribution in [0.2, 0.25) is 5.02 Å². The molecule has 0 aliphatic heterocycles. The van der Waals surface area contributed by atoms with Crippen molar-refractivity contribution in [3.63, 3.8) is 0 Å². The van der Waals surface area contributed by atoms with Gasteiger partial charge in [-0.25, -0.2) is 0 Å². The minimum Gasteiger partial charge on any atom is -0.383 e. The molecule has 0 atom stereocenters. The van der Waals surface area contributed by atoms with Gasteiger partial charge in [0.05, 0.1) is 0 Å².